The minimum atomic E-state index is -0.113. The molecule has 8 heteroatoms. The number of hydrogen-bond donors (Lipinski definition) is 2. The predicted molar refractivity (Wildman–Crippen MR) is 104 cm³/mol. The highest BCUT2D eigenvalue weighted by atomic mass is 32.1. The highest BCUT2D eigenvalue weighted by Gasteiger charge is 2.14. The zero-order valence-corrected chi connectivity index (χ0v) is 15.1. The minimum Gasteiger partial charge on any atom is -0.494 e. The van der Waals surface area contributed by atoms with Crippen LogP contribution in [0.2, 0.25) is 0 Å². The second kappa shape index (κ2) is 6.64. The fourth-order valence-electron chi connectivity index (χ4n) is 2.74. The Morgan fingerprint density at radius 3 is 3.08 bits per heavy atom. The van der Waals surface area contributed by atoms with Gasteiger partial charge in [-0.15, -0.1) is 0 Å². The third-order valence-electron chi connectivity index (χ3n) is 4.02. The molecule has 7 nitrogen and oxygen atoms in total. The number of fused-ring (bicyclic) bond motifs is 2. The van der Waals surface area contributed by atoms with Gasteiger partial charge in [0.05, 0.1) is 30.1 Å². The number of aromatic nitrogens is 3. The summed E-state index contributed by atoms with van der Waals surface area (Å²) in [7, 11) is 3.48. The third kappa shape index (κ3) is 3.06. The molecule has 0 radical (unpaired) electrons. The number of carbonyl (C=O) groups is 1. The van der Waals surface area contributed by atoms with Crippen LogP contribution in [0.5, 0.6) is 5.75 Å². The number of hydrogen-bond acceptors (Lipinski definition) is 6. The number of rotatable bonds is 5. The summed E-state index contributed by atoms with van der Waals surface area (Å²) >= 11 is 1.53. The number of carbonyl (C=O) groups excluding carboxylic acids is 1. The number of benzene rings is 2. The Balaban J connectivity index is 1.48. The van der Waals surface area contributed by atoms with Crippen molar-refractivity contribution in [1.29, 1.82) is 0 Å². The fraction of sp³-hybridized carbons (Fsp3) is 0.167. The molecule has 0 spiro atoms. The summed E-state index contributed by atoms with van der Waals surface area (Å²) < 4.78 is 6.37. The van der Waals surface area contributed by atoms with Gasteiger partial charge in [-0.05, 0) is 30.3 Å². The maximum absolute atomic E-state index is 12.4. The average Bonchev–Trinajstić information content (AvgIpc) is 3.27. The molecule has 0 fully saturated rings. The van der Waals surface area contributed by atoms with Crippen molar-refractivity contribution >= 4 is 49.2 Å². The van der Waals surface area contributed by atoms with Crippen LogP contribution in [0.15, 0.2) is 42.6 Å². The first-order chi connectivity index (χ1) is 12.6. The number of thiazole rings is 1. The van der Waals surface area contributed by atoms with E-state index in [0.29, 0.717) is 0 Å². The Kier molecular flexibility index (Phi) is 4.18. The van der Waals surface area contributed by atoms with Gasteiger partial charge >= 0.3 is 0 Å². The average molecular weight is 367 g/mol. The van der Waals surface area contributed by atoms with Crippen LogP contribution in [0.1, 0.15) is 0 Å². The van der Waals surface area contributed by atoms with Crippen LogP contribution in [0, 0.1) is 0 Å². The summed E-state index contributed by atoms with van der Waals surface area (Å²) in [6, 6.07) is 11.4. The molecule has 0 aliphatic heterocycles. The van der Waals surface area contributed by atoms with E-state index in [0.717, 1.165) is 37.7 Å². The number of nitrogens with one attached hydrogen (secondary N) is 2. The van der Waals surface area contributed by atoms with Gasteiger partial charge in [-0.1, -0.05) is 17.4 Å². The van der Waals surface area contributed by atoms with E-state index < -0.39 is 0 Å². The summed E-state index contributed by atoms with van der Waals surface area (Å²) in [5.74, 6) is 0.619. The second-order valence-electron chi connectivity index (χ2n) is 5.88. The van der Waals surface area contributed by atoms with Gasteiger partial charge in [0.1, 0.15) is 11.3 Å². The van der Waals surface area contributed by atoms with Crippen LogP contribution in [0.25, 0.3) is 21.1 Å². The Hall–Kier alpha value is -3.13. The minimum absolute atomic E-state index is 0.113. The van der Waals surface area contributed by atoms with Gasteiger partial charge in [0.2, 0.25) is 5.91 Å². The lowest BCUT2D eigenvalue weighted by molar-refractivity contribution is -0.114. The topological polar surface area (TPSA) is 83.1 Å². The summed E-state index contributed by atoms with van der Waals surface area (Å²) in [4.78, 5) is 18.8. The molecule has 2 N–H and O–H groups in total. The lowest BCUT2D eigenvalue weighted by Gasteiger charge is -2.15. The van der Waals surface area contributed by atoms with E-state index in [-0.39, 0.29) is 12.5 Å². The molecule has 2 aromatic carbocycles. The van der Waals surface area contributed by atoms with Crippen molar-refractivity contribution in [3.63, 3.8) is 0 Å². The van der Waals surface area contributed by atoms with Crippen LogP contribution >= 0.6 is 11.3 Å². The first kappa shape index (κ1) is 16.3. The zero-order chi connectivity index (χ0) is 18.1. The molecule has 0 saturated carbocycles. The molecule has 26 heavy (non-hydrogen) atoms. The smallest absolute Gasteiger partial charge is 0.243 e. The number of ether oxygens (including phenoxy) is 1. The molecule has 0 aliphatic rings. The molecule has 0 bridgehead atoms. The number of aromatic amines is 1. The van der Waals surface area contributed by atoms with Crippen LogP contribution in [-0.2, 0) is 4.79 Å². The number of likely N-dealkylation sites (N-methyl/N-ethyl adjacent to an activating group) is 1. The van der Waals surface area contributed by atoms with Gasteiger partial charge in [0, 0.05) is 18.1 Å². The van der Waals surface area contributed by atoms with Gasteiger partial charge in [0.15, 0.2) is 5.13 Å². The molecule has 4 rings (SSSR count). The maximum Gasteiger partial charge on any atom is 0.243 e. The third-order valence-corrected chi connectivity index (χ3v) is 5.16. The molecule has 0 aliphatic carbocycles. The second-order valence-corrected chi connectivity index (χ2v) is 6.89. The normalized spacial score (nSPS) is 11.0. The van der Waals surface area contributed by atoms with Gasteiger partial charge in [0.25, 0.3) is 0 Å². The molecule has 2 aromatic heterocycles. The van der Waals surface area contributed by atoms with Gasteiger partial charge < -0.3 is 15.0 Å². The van der Waals surface area contributed by atoms with E-state index in [1.165, 1.54) is 11.3 Å². The van der Waals surface area contributed by atoms with Crippen molar-refractivity contribution in [3.8, 4) is 5.75 Å². The van der Waals surface area contributed by atoms with Gasteiger partial charge in [-0.3, -0.25) is 9.89 Å². The molecule has 132 valence electrons. The molecule has 0 atom stereocenters. The van der Waals surface area contributed by atoms with Gasteiger partial charge in [-0.25, -0.2) is 4.98 Å². The predicted octanol–water partition coefficient (Wildman–Crippen LogP) is 3.26. The van der Waals surface area contributed by atoms with Crippen molar-refractivity contribution in [2.45, 2.75) is 0 Å². The summed E-state index contributed by atoms with van der Waals surface area (Å²) in [5.41, 5.74) is 2.42. The summed E-state index contributed by atoms with van der Waals surface area (Å²) in [6.45, 7) is 0.198. The van der Waals surface area contributed by atoms with Crippen LogP contribution in [0.3, 0.4) is 0 Å². The number of H-pyrrole nitrogens is 1. The number of nitrogens with zero attached hydrogens (tertiary/aromatic N) is 3. The number of methoxy groups -OCH3 is 1. The first-order valence-electron chi connectivity index (χ1n) is 8.02. The molecular formula is C18H17N5O2S. The van der Waals surface area contributed by atoms with E-state index in [2.05, 4.69) is 20.5 Å². The Bertz CT molecular complexity index is 1090. The van der Waals surface area contributed by atoms with E-state index in [9.17, 15) is 4.79 Å². The van der Waals surface area contributed by atoms with Crippen molar-refractivity contribution < 1.29 is 9.53 Å². The largest absolute Gasteiger partial charge is 0.494 e. The van der Waals surface area contributed by atoms with Crippen molar-refractivity contribution in [3.05, 3.63) is 42.6 Å². The standard InChI is InChI=1S/C18H17N5O2S/c1-23(18-21-17-14(25-2)4-3-5-15(17)26-18)10-16(24)20-12-7-6-11-9-19-22-13(11)8-12/h3-9H,10H2,1-2H3,(H,19,22)(H,20,24). The lowest BCUT2D eigenvalue weighted by atomic mass is 10.2. The monoisotopic (exact) mass is 367 g/mol. The highest BCUT2D eigenvalue weighted by molar-refractivity contribution is 7.22. The van der Waals surface area contributed by atoms with E-state index in [1.54, 1.807) is 13.3 Å². The Labute approximate surface area is 153 Å². The fourth-order valence-corrected chi connectivity index (χ4v) is 3.68. The van der Waals surface area contributed by atoms with E-state index >= 15 is 0 Å². The molecule has 0 saturated heterocycles. The van der Waals surface area contributed by atoms with Crippen molar-refractivity contribution in [1.82, 2.24) is 15.2 Å². The lowest BCUT2D eigenvalue weighted by Crippen LogP contribution is -2.29. The number of amides is 1. The van der Waals surface area contributed by atoms with Gasteiger partial charge in [-0.2, -0.15) is 5.10 Å². The molecule has 1 amide bonds. The zero-order valence-electron chi connectivity index (χ0n) is 14.3. The van der Waals surface area contributed by atoms with Crippen molar-refractivity contribution in [2.75, 3.05) is 30.9 Å². The number of para-hydroxylation sites is 1. The first-order valence-corrected chi connectivity index (χ1v) is 8.83. The Morgan fingerprint density at radius 2 is 2.23 bits per heavy atom. The van der Waals surface area contributed by atoms with E-state index in [4.69, 9.17) is 4.74 Å². The molecule has 4 aromatic rings. The molecule has 0 unspecified atom stereocenters. The molecule has 2 heterocycles. The van der Waals surface area contributed by atoms with E-state index in [1.807, 2.05) is 48.3 Å². The maximum atomic E-state index is 12.4. The van der Waals surface area contributed by atoms with Crippen LogP contribution in [0.4, 0.5) is 10.8 Å². The highest BCUT2D eigenvalue weighted by Crippen LogP contribution is 2.33. The van der Waals surface area contributed by atoms with Crippen molar-refractivity contribution in [2.24, 2.45) is 0 Å². The SMILES string of the molecule is COc1cccc2sc(N(C)CC(=O)Nc3ccc4cn[nH]c4c3)nc12. The summed E-state index contributed by atoms with van der Waals surface area (Å²) in [6.07, 6.45) is 1.75. The molecular weight excluding hydrogens is 350 g/mol. The summed E-state index contributed by atoms with van der Waals surface area (Å²) in [5, 5.41) is 11.6. The quantitative estimate of drug-likeness (QED) is 0.566. The van der Waals surface area contributed by atoms with Crippen LogP contribution < -0.4 is 15.0 Å². The van der Waals surface area contributed by atoms with Crippen LogP contribution in [-0.4, -0.2) is 41.8 Å². The number of anilines is 2. The Morgan fingerprint density at radius 1 is 1.35 bits per heavy atom.